The third-order valence-corrected chi connectivity index (χ3v) is 10.0. The molecule has 0 aromatic rings. The maximum Gasteiger partial charge on any atom is 0.472 e. The highest BCUT2D eigenvalue weighted by atomic mass is 31.2. The summed E-state index contributed by atoms with van der Waals surface area (Å²) in [5, 5.41) is 0. The van der Waals surface area contributed by atoms with E-state index in [1.807, 2.05) is 0 Å². The number of unbranched alkanes of at least 4 members (excludes halogenated alkanes) is 15. The summed E-state index contributed by atoms with van der Waals surface area (Å²) in [4.78, 5) is 22.5. The first kappa shape index (κ1) is 54.7. The number of hydrogen-bond donors (Lipinski definition) is 2. The predicted molar refractivity (Wildman–Crippen MR) is 242 cm³/mol. The Morgan fingerprint density at radius 2 is 0.982 bits per heavy atom. The van der Waals surface area contributed by atoms with Gasteiger partial charge in [0, 0.05) is 19.6 Å². The van der Waals surface area contributed by atoms with Crippen LogP contribution in [0.2, 0.25) is 0 Å². The SMILES string of the molecule is CC/C=C\C/C=C\C/C=C\C/C=C\C/C=C\CCCCCCCCCC(=O)OC(COCCCCCCCC/C=C\C/C=C\CCCC)COP(=O)(O)OCCN. The first-order chi connectivity index (χ1) is 27.9. The van der Waals surface area contributed by atoms with Crippen LogP contribution in [0.3, 0.4) is 0 Å². The summed E-state index contributed by atoms with van der Waals surface area (Å²) in [5.74, 6) is -0.349. The van der Waals surface area contributed by atoms with Crippen LogP contribution >= 0.6 is 7.82 Å². The molecule has 0 aliphatic carbocycles. The number of carbonyl (C=O) groups is 1. The summed E-state index contributed by atoms with van der Waals surface area (Å²) in [6.45, 7) is 4.71. The van der Waals surface area contributed by atoms with E-state index in [-0.39, 0.29) is 32.3 Å². The number of hydrogen-bond acceptors (Lipinski definition) is 7. The first-order valence-electron chi connectivity index (χ1n) is 22.6. The van der Waals surface area contributed by atoms with E-state index in [1.165, 1.54) is 57.8 Å². The Balaban J connectivity index is 4.06. The van der Waals surface area contributed by atoms with E-state index >= 15 is 0 Å². The van der Waals surface area contributed by atoms with Crippen LogP contribution in [0.4, 0.5) is 0 Å². The Morgan fingerprint density at radius 1 is 0.544 bits per heavy atom. The van der Waals surface area contributed by atoms with Crippen molar-refractivity contribution in [3.8, 4) is 0 Å². The van der Waals surface area contributed by atoms with Crippen LogP contribution in [-0.4, -0.2) is 49.9 Å². The number of carbonyl (C=O) groups excluding carboxylic acids is 1. The molecule has 3 N–H and O–H groups in total. The zero-order chi connectivity index (χ0) is 41.6. The number of nitrogens with two attached hydrogens (primary N) is 1. The second-order valence-corrected chi connectivity index (χ2v) is 16.0. The van der Waals surface area contributed by atoms with Gasteiger partial charge in [-0.3, -0.25) is 13.8 Å². The average Bonchev–Trinajstić information content (AvgIpc) is 3.20. The number of allylic oxidation sites excluding steroid dienone is 14. The molecule has 2 atom stereocenters. The molecule has 0 aliphatic rings. The molecule has 328 valence electrons. The van der Waals surface area contributed by atoms with Gasteiger partial charge in [-0.05, 0) is 83.5 Å². The quantitative estimate of drug-likeness (QED) is 0.0271. The maximum absolute atomic E-state index is 12.6. The molecule has 8 nitrogen and oxygen atoms in total. The minimum Gasteiger partial charge on any atom is -0.457 e. The van der Waals surface area contributed by atoms with E-state index in [4.69, 9.17) is 24.3 Å². The molecule has 0 fully saturated rings. The largest absolute Gasteiger partial charge is 0.472 e. The molecule has 0 amide bonds. The summed E-state index contributed by atoms with van der Waals surface area (Å²) in [7, 11) is -4.29. The number of esters is 1. The lowest BCUT2D eigenvalue weighted by Crippen LogP contribution is -2.28. The van der Waals surface area contributed by atoms with E-state index in [0.29, 0.717) is 13.0 Å². The normalized spacial score (nSPS) is 14.2. The molecule has 0 rings (SSSR count). The van der Waals surface area contributed by atoms with Crippen molar-refractivity contribution >= 4 is 13.8 Å². The van der Waals surface area contributed by atoms with E-state index in [1.54, 1.807) is 0 Å². The molecule has 57 heavy (non-hydrogen) atoms. The molecule has 0 saturated carbocycles. The van der Waals surface area contributed by atoms with E-state index in [2.05, 4.69) is 98.9 Å². The van der Waals surface area contributed by atoms with Crippen LogP contribution < -0.4 is 5.73 Å². The number of phosphoric acid groups is 1. The summed E-state index contributed by atoms with van der Waals surface area (Å²) >= 11 is 0. The van der Waals surface area contributed by atoms with E-state index in [9.17, 15) is 14.3 Å². The second kappa shape index (κ2) is 44.8. The zero-order valence-corrected chi connectivity index (χ0v) is 37.2. The summed E-state index contributed by atoms with van der Waals surface area (Å²) < 4.78 is 33.4. The lowest BCUT2D eigenvalue weighted by Gasteiger charge is -2.20. The zero-order valence-electron chi connectivity index (χ0n) is 36.3. The molecule has 9 heteroatoms. The van der Waals surface area contributed by atoms with Gasteiger partial charge in [-0.15, -0.1) is 0 Å². The molecule has 0 radical (unpaired) electrons. The summed E-state index contributed by atoms with van der Waals surface area (Å²) in [5.41, 5.74) is 5.37. The summed E-state index contributed by atoms with van der Waals surface area (Å²) in [6, 6.07) is 0. The average molecular weight is 818 g/mol. The molecule has 0 bridgehead atoms. The van der Waals surface area contributed by atoms with Crippen molar-refractivity contribution in [3.63, 3.8) is 0 Å². The molecular formula is C48H84NO7P. The lowest BCUT2D eigenvalue weighted by atomic mass is 10.1. The maximum atomic E-state index is 12.6. The fourth-order valence-electron chi connectivity index (χ4n) is 5.74. The van der Waals surface area contributed by atoms with Crippen molar-refractivity contribution in [2.45, 2.75) is 180 Å². The van der Waals surface area contributed by atoms with Gasteiger partial charge in [0.15, 0.2) is 0 Å². The van der Waals surface area contributed by atoms with Gasteiger partial charge in [0.25, 0.3) is 0 Å². The molecule has 0 spiro atoms. The van der Waals surface area contributed by atoms with Crippen LogP contribution in [0.1, 0.15) is 174 Å². The fourth-order valence-corrected chi connectivity index (χ4v) is 6.51. The van der Waals surface area contributed by atoms with E-state index < -0.39 is 13.9 Å². The number of rotatable bonds is 42. The van der Waals surface area contributed by atoms with Gasteiger partial charge >= 0.3 is 13.8 Å². The van der Waals surface area contributed by atoms with Gasteiger partial charge in [0.2, 0.25) is 0 Å². The van der Waals surface area contributed by atoms with Crippen molar-refractivity contribution in [1.82, 2.24) is 0 Å². The Kier molecular flexibility index (Phi) is 43.0. The smallest absolute Gasteiger partial charge is 0.457 e. The molecule has 2 unspecified atom stereocenters. The Hall–Kier alpha value is -2.32. The highest BCUT2D eigenvalue weighted by molar-refractivity contribution is 7.47. The van der Waals surface area contributed by atoms with Crippen molar-refractivity contribution in [2.24, 2.45) is 5.73 Å². The Morgan fingerprint density at radius 3 is 1.47 bits per heavy atom. The summed E-state index contributed by atoms with van der Waals surface area (Å²) in [6.07, 6.45) is 57.4. The number of phosphoric ester groups is 1. The highest BCUT2D eigenvalue weighted by Gasteiger charge is 2.25. The van der Waals surface area contributed by atoms with Gasteiger partial charge < -0.3 is 20.1 Å². The molecule has 0 aromatic heterocycles. The second-order valence-electron chi connectivity index (χ2n) is 14.5. The Bertz CT molecular complexity index is 1140. The molecule has 0 aliphatic heterocycles. The minimum atomic E-state index is -4.29. The number of ether oxygens (including phenoxy) is 2. The van der Waals surface area contributed by atoms with E-state index in [0.717, 1.165) is 96.3 Å². The molecule has 0 saturated heterocycles. The van der Waals surface area contributed by atoms with Crippen LogP contribution in [-0.2, 0) is 27.9 Å². The van der Waals surface area contributed by atoms with Crippen molar-refractivity contribution in [2.75, 3.05) is 33.0 Å². The lowest BCUT2D eigenvalue weighted by molar-refractivity contribution is -0.154. The third kappa shape index (κ3) is 44.6. The molecule has 0 heterocycles. The van der Waals surface area contributed by atoms with Crippen molar-refractivity contribution < 1.29 is 32.8 Å². The molecular weight excluding hydrogens is 734 g/mol. The van der Waals surface area contributed by atoms with Crippen LogP contribution in [0.15, 0.2) is 85.1 Å². The predicted octanol–water partition coefficient (Wildman–Crippen LogP) is 13.7. The fraction of sp³-hybridized carbons (Fsp3) is 0.688. The molecule has 0 aromatic carbocycles. The van der Waals surface area contributed by atoms with Crippen LogP contribution in [0, 0.1) is 0 Å². The van der Waals surface area contributed by atoms with Gasteiger partial charge in [0.1, 0.15) is 6.10 Å². The van der Waals surface area contributed by atoms with Gasteiger partial charge in [-0.25, -0.2) is 4.57 Å². The van der Waals surface area contributed by atoms with Crippen molar-refractivity contribution in [3.05, 3.63) is 85.1 Å². The standard InChI is InChI=1S/C48H84NO7P/c1-3-5-7-9-11-13-15-17-19-20-21-22-23-24-25-26-27-29-31-33-35-37-39-41-48(50)56-47(46-55-57(51,52)54-44-42-49)45-53-43-40-38-36-34-32-30-28-18-16-14-12-10-8-6-4-2/h5,7,10-13,16-19,21-22,24-25,47H,3-4,6,8-9,14-15,20,23,26-46,49H2,1-2H3,(H,51,52)/b7-5-,12-10-,13-11-,18-16-,19-17-,22-21-,25-24-. The first-order valence-corrected chi connectivity index (χ1v) is 24.1. The van der Waals surface area contributed by atoms with Crippen LogP contribution in [0.25, 0.3) is 0 Å². The van der Waals surface area contributed by atoms with Crippen molar-refractivity contribution in [1.29, 1.82) is 0 Å². The van der Waals surface area contributed by atoms with Crippen LogP contribution in [0.5, 0.6) is 0 Å². The topological polar surface area (TPSA) is 117 Å². The van der Waals surface area contributed by atoms with Gasteiger partial charge in [-0.1, -0.05) is 170 Å². The monoisotopic (exact) mass is 818 g/mol. The highest BCUT2D eigenvalue weighted by Crippen LogP contribution is 2.43. The Labute approximate surface area is 349 Å². The van der Waals surface area contributed by atoms with Gasteiger partial charge in [0.05, 0.1) is 19.8 Å². The minimum absolute atomic E-state index is 0.0919. The van der Waals surface area contributed by atoms with Gasteiger partial charge in [-0.2, -0.15) is 0 Å². The third-order valence-electron chi connectivity index (χ3n) is 9.05.